The Hall–Kier alpha value is -2.17. The Morgan fingerprint density at radius 1 is 0.920 bits per heavy atom. The first-order valence-electron chi connectivity index (χ1n) is 9.16. The average Bonchev–Trinajstić information content (AvgIpc) is 3.13. The number of carboxylic acids is 1. The minimum absolute atomic E-state index is 0.371. The summed E-state index contributed by atoms with van der Waals surface area (Å²) < 4.78 is 21.0. The van der Waals surface area contributed by atoms with Gasteiger partial charge in [0, 0.05) is 26.0 Å². The van der Waals surface area contributed by atoms with E-state index in [4.69, 9.17) is 10.8 Å². The molecule has 130 valence electrons. The summed E-state index contributed by atoms with van der Waals surface area (Å²) in [5, 5.41) is 10.1. The predicted octanol–water partition coefficient (Wildman–Crippen LogP) is 3.79. The summed E-state index contributed by atoms with van der Waals surface area (Å²) in [6.07, 6.45) is 0.742. The van der Waals surface area contributed by atoms with E-state index in [1.165, 1.54) is 0 Å². The van der Waals surface area contributed by atoms with Crippen LogP contribution in [0.25, 0.3) is 0 Å². The molecule has 2 aromatic rings. The van der Waals surface area contributed by atoms with Crippen molar-refractivity contribution in [3.05, 3.63) is 71.8 Å². The van der Waals surface area contributed by atoms with E-state index in [0.717, 1.165) is 11.1 Å². The Balaban J connectivity index is 1.86. The van der Waals surface area contributed by atoms with Gasteiger partial charge in [-0.3, -0.25) is 4.79 Å². The predicted molar refractivity (Wildman–Crippen MR) is 93.4 cm³/mol. The molecule has 4 heteroatoms. The molecule has 0 amide bonds. The molecule has 3 atom stereocenters. The zero-order chi connectivity index (χ0) is 18.2. The fourth-order valence-corrected chi connectivity index (χ4v) is 4.16. The molecule has 4 nitrogen and oxygen atoms in total. The van der Waals surface area contributed by atoms with Crippen LogP contribution in [0.15, 0.2) is 60.7 Å². The van der Waals surface area contributed by atoms with Gasteiger partial charge in [-0.1, -0.05) is 60.7 Å². The van der Waals surface area contributed by atoms with Gasteiger partial charge in [-0.05, 0) is 11.1 Å². The fourth-order valence-electron chi connectivity index (χ4n) is 4.16. The van der Waals surface area contributed by atoms with Crippen molar-refractivity contribution in [1.29, 1.82) is 0 Å². The summed E-state index contributed by atoms with van der Waals surface area (Å²) in [6.45, 7) is 1.00. The van der Waals surface area contributed by atoms with Crippen molar-refractivity contribution in [1.82, 2.24) is 0 Å². The van der Waals surface area contributed by atoms with Crippen LogP contribution in [0, 0.1) is 5.89 Å². The minimum atomic E-state index is -1.69. The molecule has 0 bridgehead atoms. The summed E-state index contributed by atoms with van der Waals surface area (Å²) in [6, 6.07) is 18.9. The molecule has 0 aromatic heterocycles. The third-order valence-corrected chi connectivity index (χ3v) is 5.25. The average molecular weight is 339 g/mol. The minimum Gasteiger partial charge on any atom is -0.481 e. The van der Waals surface area contributed by atoms with Crippen molar-refractivity contribution in [2.45, 2.75) is 30.5 Å². The van der Waals surface area contributed by atoms with Crippen molar-refractivity contribution in [2.75, 3.05) is 13.2 Å². The number of rotatable bonds is 3. The molecule has 1 aliphatic heterocycles. The molecule has 2 aromatic carbocycles. The fraction of sp³-hybridized carbons (Fsp3) is 0.381. The molecule has 1 saturated heterocycles. The van der Waals surface area contributed by atoms with Gasteiger partial charge in [0.1, 0.15) is 0 Å². The molecular formula is C21H22O4. The van der Waals surface area contributed by atoms with Gasteiger partial charge in [0.25, 0.3) is 0 Å². The SMILES string of the molecule is [2H]C1(C(=O)O)C(c2ccccc2)CC2(C[C@@H]1c1ccccc1)OCCO2. The van der Waals surface area contributed by atoms with E-state index in [9.17, 15) is 9.90 Å². The maximum Gasteiger partial charge on any atom is 0.307 e. The Morgan fingerprint density at radius 3 is 1.76 bits per heavy atom. The van der Waals surface area contributed by atoms with E-state index >= 15 is 0 Å². The van der Waals surface area contributed by atoms with Crippen LogP contribution >= 0.6 is 0 Å². The van der Waals surface area contributed by atoms with Gasteiger partial charge in [-0.25, -0.2) is 0 Å². The molecule has 1 heterocycles. The number of carbonyl (C=O) groups is 1. The van der Waals surface area contributed by atoms with Crippen LogP contribution in [0.2, 0.25) is 0 Å². The van der Waals surface area contributed by atoms with Gasteiger partial charge < -0.3 is 14.6 Å². The summed E-state index contributed by atoms with van der Waals surface area (Å²) in [4.78, 5) is 12.4. The van der Waals surface area contributed by atoms with Gasteiger partial charge in [-0.2, -0.15) is 0 Å². The van der Waals surface area contributed by atoms with Crippen LogP contribution < -0.4 is 0 Å². The van der Waals surface area contributed by atoms with Crippen LogP contribution in [0.5, 0.6) is 0 Å². The van der Waals surface area contributed by atoms with Crippen molar-refractivity contribution in [2.24, 2.45) is 5.89 Å². The lowest BCUT2D eigenvalue weighted by molar-refractivity contribution is -0.195. The highest BCUT2D eigenvalue weighted by Gasteiger charge is 2.52. The van der Waals surface area contributed by atoms with E-state index in [1.54, 1.807) is 0 Å². The molecular weight excluding hydrogens is 316 g/mol. The standard InChI is InChI=1S/C21H22O4/c22-20(23)19-17(15-7-3-1-4-8-15)13-21(24-11-12-25-21)14-18(19)16-9-5-2-6-10-16/h1-10,17-19H,11-14H2,(H,22,23)/t17-,18?,19?/m1/s1/i19D. The zero-order valence-corrected chi connectivity index (χ0v) is 13.9. The monoisotopic (exact) mass is 339 g/mol. The summed E-state index contributed by atoms with van der Waals surface area (Å²) in [5.41, 5.74) is 1.67. The second-order valence-electron chi connectivity index (χ2n) is 6.70. The highest BCUT2D eigenvalue weighted by atomic mass is 16.7. The largest absolute Gasteiger partial charge is 0.481 e. The van der Waals surface area contributed by atoms with Crippen molar-refractivity contribution < 1.29 is 20.7 Å². The second kappa shape index (κ2) is 6.62. The smallest absolute Gasteiger partial charge is 0.307 e. The maximum absolute atomic E-state index is 12.4. The van der Waals surface area contributed by atoms with E-state index in [-0.39, 0.29) is 0 Å². The summed E-state index contributed by atoms with van der Waals surface area (Å²) in [7, 11) is 0. The van der Waals surface area contributed by atoms with Crippen molar-refractivity contribution in [3.63, 3.8) is 0 Å². The molecule has 25 heavy (non-hydrogen) atoms. The molecule has 1 N–H and O–H groups in total. The Morgan fingerprint density at radius 2 is 1.36 bits per heavy atom. The third-order valence-electron chi connectivity index (χ3n) is 5.25. The quantitative estimate of drug-likeness (QED) is 0.924. The Bertz CT molecular complexity index is 720. The lowest BCUT2D eigenvalue weighted by Gasteiger charge is -2.44. The number of hydrogen-bond donors (Lipinski definition) is 1. The third kappa shape index (κ3) is 3.08. The van der Waals surface area contributed by atoms with Gasteiger partial charge >= 0.3 is 5.97 Å². The Kier molecular flexibility index (Phi) is 4.00. The lowest BCUT2D eigenvalue weighted by atomic mass is 9.65. The van der Waals surface area contributed by atoms with Crippen molar-refractivity contribution in [3.8, 4) is 0 Å². The van der Waals surface area contributed by atoms with Crippen LogP contribution in [0.3, 0.4) is 0 Å². The number of hydrogen-bond acceptors (Lipinski definition) is 3. The molecule has 2 unspecified atom stereocenters. The van der Waals surface area contributed by atoms with E-state index in [1.807, 2.05) is 60.7 Å². The lowest BCUT2D eigenvalue weighted by Crippen LogP contribution is -2.45. The second-order valence-corrected chi connectivity index (χ2v) is 6.70. The molecule has 4 rings (SSSR count). The first kappa shape index (κ1) is 15.1. The Labute approximate surface area is 148 Å². The van der Waals surface area contributed by atoms with Crippen LogP contribution in [0.4, 0.5) is 0 Å². The van der Waals surface area contributed by atoms with Gasteiger partial charge in [-0.15, -0.1) is 0 Å². The van der Waals surface area contributed by atoms with Crippen molar-refractivity contribution >= 4 is 5.97 Å². The van der Waals surface area contributed by atoms with Gasteiger partial charge in [0.05, 0.1) is 19.1 Å². The van der Waals surface area contributed by atoms with Crippen LogP contribution in [-0.2, 0) is 14.3 Å². The van der Waals surface area contributed by atoms with E-state index in [0.29, 0.717) is 26.1 Å². The molecule has 2 aliphatic rings. The number of benzene rings is 2. The highest BCUT2D eigenvalue weighted by Crippen LogP contribution is 2.52. The van der Waals surface area contributed by atoms with Crippen LogP contribution in [-0.4, -0.2) is 30.1 Å². The topological polar surface area (TPSA) is 55.8 Å². The molecule has 1 spiro atoms. The van der Waals surface area contributed by atoms with Crippen LogP contribution in [0.1, 0.15) is 37.2 Å². The van der Waals surface area contributed by atoms with E-state index in [2.05, 4.69) is 0 Å². The molecule has 1 saturated carbocycles. The van der Waals surface area contributed by atoms with Gasteiger partial charge in [0.2, 0.25) is 0 Å². The molecule has 0 radical (unpaired) electrons. The van der Waals surface area contributed by atoms with E-state index < -0.39 is 29.5 Å². The first-order valence-corrected chi connectivity index (χ1v) is 8.66. The molecule has 1 aliphatic carbocycles. The summed E-state index contributed by atoms with van der Waals surface area (Å²) in [5.74, 6) is -4.67. The first-order chi connectivity index (χ1) is 12.6. The number of carboxylic acid groups (broad SMARTS) is 1. The molecule has 2 fully saturated rings. The number of aliphatic carboxylic acids is 1. The summed E-state index contributed by atoms with van der Waals surface area (Å²) >= 11 is 0. The maximum atomic E-state index is 12.4. The highest BCUT2D eigenvalue weighted by molar-refractivity contribution is 5.73. The zero-order valence-electron chi connectivity index (χ0n) is 14.9. The normalized spacial score (nSPS) is 31.6. The number of ether oxygens (including phenoxy) is 2. The van der Waals surface area contributed by atoms with Gasteiger partial charge in [0.15, 0.2) is 5.79 Å².